The van der Waals surface area contributed by atoms with E-state index in [0.29, 0.717) is 12.6 Å². The second-order valence-electron chi connectivity index (χ2n) is 5.16. The number of aromatic nitrogens is 2. The Labute approximate surface area is 127 Å². The van der Waals surface area contributed by atoms with Crippen LogP contribution in [0.4, 0.5) is 11.6 Å². The molecule has 0 saturated carbocycles. The van der Waals surface area contributed by atoms with Crippen molar-refractivity contribution in [1.82, 2.24) is 9.97 Å². The van der Waals surface area contributed by atoms with Crippen LogP contribution < -0.4 is 5.32 Å². The first kappa shape index (κ1) is 14.4. The predicted molar refractivity (Wildman–Crippen MR) is 80.5 cm³/mol. The van der Waals surface area contributed by atoms with Gasteiger partial charge in [0, 0.05) is 12.6 Å². The number of nitro groups is 1. The molecule has 3 rings (SSSR count). The zero-order valence-corrected chi connectivity index (χ0v) is 11.9. The summed E-state index contributed by atoms with van der Waals surface area (Å²) in [4.78, 5) is 18.1. The molecule has 1 aliphatic rings. The molecule has 7 heteroatoms. The minimum atomic E-state index is -0.510. The number of ether oxygens (including phenoxy) is 1. The number of hydrogen-bond acceptors (Lipinski definition) is 6. The molecule has 2 unspecified atom stereocenters. The van der Waals surface area contributed by atoms with Crippen molar-refractivity contribution in [3.63, 3.8) is 0 Å². The van der Waals surface area contributed by atoms with Gasteiger partial charge in [-0.25, -0.2) is 9.97 Å². The summed E-state index contributed by atoms with van der Waals surface area (Å²) < 4.78 is 5.81. The Morgan fingerprint density at radius 1 is 1.23 bits per heavy atom. The molecule has 1 aliphatic heterocycles. The molecule has 1 N–H and O–H groups in total. The molecule has 1 saturated heterocycles. The second kappa shape index (κ2) is 6.48. The van der Waals surface area contributed by atoms with Crippen LogP contribution in [-0.4, -0.2) is 27.5 Å². The van der Waals surface area contributed by atoms with Crippen molar-refractivity contribution in [1.29, 1.82) is 0 Å². The Kier molecular flexibility index (Phi) is 4.24. The van der Waals surface area contributed by atoms with Crippen LogP contribution in [-0.2, 0) is 4.74 Å². The molecule has 0 spiro atoms. The van der Waals surface area contributed by atoms with Crippen molar-refractivity contribution in [2.75, 3.05) is 11.9 Å². The Hall–Kier alpha value is -2.54. The quantitative estimate of drug-likeness (QED) is 0.689. The molecular weight excluding hydrogens is 284 g/mol. The highest BCUT2D eigenvalue weighted by atomic mass is 16.6. The standard InChI is InChI=1S/C15H16N4O3/c20-19(21)13-9-16-15(17-10-13)18-12-6-7-22-14(8-12)11-4-2-1-3-5-11/h1-5,9-10,12,14H,6-8H2,(H,16,17,18). The summed E-state index contributed by atoms with van der Waals surface area (Å²) in [6, 6.07) is 10.3. The van der Waals surface area contributed by atoms with E-state index in [1.165, 1.54) is 12.4 Å². The molecule has 0 bridgehead atoms. The maximum Gasteiger partial charge on any atom is 0.305 e. The van der Waals surface area contributed by atoms with Crippen LogP contribution in [0.5, 0.6) is 0 Å². The van der Waals surface area contributed by atoms with Crippen LogP contribution >= 0.6 is 0 Å². The van der Waals surface area contributed by atoms with E-state index in [0.717, 1.165) is 18.4 Å². The lowest BCUT2D eigenvalue weighted by Crippen LogP contribution is -2.30. The molecule has 114 valence electrons. The third-order valence-electron chi connectivity index (χ3n) is 3.64. The monoisotopic (exact) mass is 300 g/mol. The molecule has 0 aliphatic carbocycles. The maximum atomic E-state index is 10.6. The molecule has 1 fully saturated rings. The number of anilines is 1. The largest absolute Gasteiger partial charge is 0.373 e. The summed E-state index contributed by atoms with van der Waals surface area (Å²) in [6.07, 6.45) is 4.13. The summed E-state index contributed by atoms with van der Waals surface area (Å²) in [6.45, 7) is 0.657. The van der Waals surface area contributed by atoms with E-state index < -0.39 is 4.92 Å². The third-order valence-corrected chi connectivity index (χ3v) is 3.64. The average Bonchev–Trinajstić information content (AvgIpc) is 2.56. The van der Waals surface area contributed by atoms with Gasteiger partial charge < -0.3 is 10.1 Å². The lowest BCUT2D eigenvalue weighted by atomic mass is 9.97. The molecule has 2 atom stereocenters. The highest BCUT2D eigenvalue weighted by Crippen LogP contribution is 2.29. The van der Waals surface area contributed by atoms with E-state index >= 15 is 0 Å². The summed E-state index contributed by atoms with van der Waals surface area (Å²) in [5.41, 5.74) is 1.04. The third kappa shape index (κ3) is 3.37. The smallest absolute Gasteiger partial charge is 0.305 e. The van der Waals surface area contributed by atoms with Crippen LogP contribution in [0, 0.1) is 10.1 Å². The number of hydrogen-bond donors (Lipinski definition) is 1. The van der Waals surface area contributed by atoms with E-state index in [1.54, 1.807) is 0 Å². The normalized spacial score (nSPS) is 21.3. The minimum absolute atomic E-state index is 0.0468. The summed E-state index contributed by atoms with van der Waals surface area (Å²) in [7, 11) is 0. The Morgan fingerprint density at radius 3 is 2.64 bits per heavy atom. The van der Waals surface area contributed by atoms with Gasteiger partial charge in [-0.2, -0.15) is 0 Å². The van der Waals surface area contributed by atoms with Gasteiger partial charge in [-0.05, 0) is 18.4 Å². The van der Waals surface area contributed by atoms with Gasteiger partial charge in [0.1, 0.15) is 12.4 Å². The molecule has 1 aromatic heterocycles. The number of nitrogens with zero attached hydrogens (tertiary/aromatic N) is 3. The Balaban J connectivity index is 1.64. The van der Waals surface area contributed by atoms with Crippen molar-refractivity contribution >= 4 is 11.6 Å². The first-order valence-corrected chi connectivity index (χ1v) is 7.12. The molecule has 2 aromatic rings. The predicted octanol–water partition coefficient (Wildman–Crippen LogP) is 2.72. The zero-order valence-electron chi connectivity index (χ0n) is 11.9. The van der Waals surface area contributed by atoms with Crippen LogP contribution in [0.3, 0.4) is 0 Å². The van der Waals surface area contributed by atoms with E-state index in [1.807, 2.05) is 18.2 Å². The van der Waals surface area contributed by atoms with Gasteiger partial charge >= 0.3 is 5.69 Å². The topological polar surface area (TPSA) is 90.2 Å². The average molecular weight is 300 g/mol. The van der Waals surface area contributed by atoms with Gasteiger partial charge in [-0.15, -0.1) is 0 Å². The highest BCUT2D eigenvalue weighted by Gasteiger charge is 2.24. The van der Waals surface area contributed by atoms with Crippen LogP contribution in [0.2, 0.25) is 0 Å². The highest BCUT2D eigenvalue weighted by molar-refractivity contribution is 5.32. The second-order valence-corrected chi connectivity index (χ2v) is 5.16. The molecule has 22 heavy (non-hydrogen) atoms. The van der Waals surface area contributed by atoms with E-state index in [2.05, 4.69) is 27.4 Å². The Bertz CT molecular complexity index is 633. The zero-order chi connectivity index (χ0) is 15.4. The van der Waals surface area contributed by atoms with Gasteiger partial charge in [0.15, 0.2) is 0 Å². The molecule has 1 aromatic carbocycles. The maximum absolute atomic E-state index is 10.6. The number of benzene rings is 1. The minimum Gasteiger partial charge on any atom is -0.373 e. The fraction of sp³-hybridized carbons (Fsp3) is 0.333. The van der Waals surface area contributed by atoms with Crippen molar-refractivity contribution in [2.45, 2.75) is 25.0 Å². The van der Waals surface area contributed by atoms with Crippen molar-refractivity contribution in [3.8, 4) is 0 Å². The summed E-state index contributed by atoms with van der Waals surface area (Å²) in [5.74, 6) is 0.407. The van der Waals surface area contributed by atoms with Gasteiger partial charge in [0.2, 0.25) is 5.95 Å². The SMILES string of the molecule is O=[N+]([O-])c1cnc(NC2CCOC(c3ccccc3)C2)nc1. The van der Waals surface area contributed by atoms with Gasteiger partial charge in [-0.1, -0.05) is 30.3 Å². The van der Waals surface area contributed by atoms with Crippen molar-refractivity contribution in [2.24, 2.45) is 0 Å². The molecule has 0 radical (unpaired) electrons. The van der Waals surface area contributed by atoms with E-state index in [9.17, 15) is 10.1 Å². The number of nitrogens with one attached hydrogen (secondary N) is 1. The van der Waals surface area contributed by atoms with Crippen molar-refractivity contribution < 1.29 is 9.66 Å². The van der Waals surface area contributed by atoms with E-state index in [-0.39, 0.29) is 17.8 Å². The fourth-order valence-corrected chi connectivity index (χ4v) is 2.50. The lowest BCUT2D eigenvalue weighted by Gasteiger charge is -2.30. The summed E-state index contributed by atoms with van der Waals surface area (Å²) in [5, 5.41) is 13.8. The van der Waals surface area contributed by atoms with Gasteiger partial charge in [-0.3, -0.25) is 10.1 Å². The first-order valence-electron chi connectivity index (χ1n) is 7.12. The van der Waals surface area contributed by atoms with Gasteiger partial charge in [0.05, 0.1) is 11.0 Å². The fourth-order valence-electron chi connectivity index (χ4n) is 2.50. The number of rotatable bonds is 4. The first-order chi connectivity index (χ1) is 10.7. The van der Waals surface area contributed by atoms with Crippen molar-refractivity contribution in [3.05, 3.63) is 58.4 Å². The molecule has 0 amide bonds. The molecule has 2 heterocycles. The molecular formula is C15H16N4O3. The molecule has 7 nitrogen and oxygen atoms in total. The van der Waals surface area contributed by atoms with Crippen LogP contribution in [0.1, 0.15) is 24.5 Å². The summed E-state index contributed by atoms with van der Waals surface area (Å²) >= 11 is 0. The lowest BCUT2D eigenvalue weighted by molar-refractivity contribution is -0.385. The van der Waals surface area contributed by atoms with Gasteiger partial charge in [0.25, 0.3) is 0 Å². The van der Waals surface area contributed by atoms with E-state index in [4.69, 9.17) is 4.74 Å². The Morgan fingerprint density at radius 2 is 1.95 bits per heavy atom. The van der Waals surface area contributed by atoms with Crippen LogP contribution in [0.25, 0.3) is 0 Å². The van der Waals surface area contributed by atoms with Crippen LogP contribution in [0.15, 0.2) is 42.7 Å².